The number of rotatable bonds is 3. The lowest BCUT2D eigenvalue weighted by atomic mass is 10.2. The van der Waals surface area contributed by atoms with E-state index in [2.05, 4.69) is 15.1 Å². The molecule has 1 amide bonds. The number of aromatic nitrogens is 2. The van der Waals surface area contributed by atoms with Crippen LogP contribution >= 0.6 is 11.6 Å². The summed E-state index contributed by atoms with van der Waals surface area (Å²) in [5.74, 6) is -1.45. The van der Waals surface area contributed by atoms with Gasteiger partial charge in [-0.3, -0.25) is 9.48 Å². The van der Waals surface area contributed by atoms with E-state index in [1.54, 1.807) is 13.0 Å². The highest BCUT2D eigenvalue weighted by atomic mass is 35.5. The normalized spacial score (nSPS) is 18.7. The maximum Gasteiger partial charge on any atom is 0.303 e. The van der Waals surface area contributed by atoms with Crippen molar-refractivity contribution >= 4 is 39.2 Å². The zero-order valence-electron chi connectivity index (χ0n) is 15.6. The number of anilines is 2. The first-order valence-corrected chi connectivity index (χ1v) is 10.5. The number of carbonyl (C=O) groups excluding carboxylic acids is 1. The Morgan fingerprint density at radius 3 is 2.90 bits per heavy atom. The molecule has 1 aliphatic heterocycles. The second kappa shape index (κ2) is 7.98. The predicted octanol–water partition coefficient (Wildman–Crippen LogP) is 2.16. The van der Waals surface area contributed by atoms with Gasteiger partial charge in [-0.25, -0.2) is 8.70 Å². The highest BCUT2D eigenvalue weighted by Crippen LogP contribution is 2.31. The summed E-state index contributed by atoms with van der Waals surface area (Å²) < 4.78 is 43.4. The third-order valence-electron chi connectivity index (χ3n) is 4.41. The van der Waals surface area contributed by atoms with E-state index in [4.69, 9.17) is 16.9 Å². The van der Waals surface area contributed by atoms with E-state index in [9.17, 15) is 17.6 Å². The molecule has 1 saturated heterocycles. The van der Waals surface area contributed by atoms with E-state index in [0.717, 1.165) is 10.4 Å². The Hall–Kier alpha value is -2.68. The van der Waals surface area contributed by atoms with Gasteiger partial charge in [0.15, 0.2) is 5.82 Å². The van der Waals surface area contributed by atoms with Gasteiger partial charge < -0.3 is 5.32 Å². The second-order valence-electron chi connectivity index (χ2n) is 6.61. The number of carbonyl (C=O) groups is 1. The highest BCUT2D eigenvalue weighted by molar-refractivity contribution is 7.90. The Labute approximate surface area is 172 Å². The molecule has 0 saturated carbocycles. The van der Waals surface area contributed by atoms with E-state index >= 15 is 0 Å². The largest absolute Gasteiger partial charge is 0.321 e. The molecule has 0 radical (unpaired) electrons. The lowest BCUT2D eigenvalue weighted by Gasteiger charge is -2.20. The quantitative estimate of drug-likeness (QED) is 0.757. The molecule has 1 fully saturated rings. The molecule has 29 heavy (non-hydrogen) atoms. The fourth-order valence-corrected chi connectivity index (χ4v) is 4.90. The molecule has 3 rings (SSSR count). The maximum atomic E-state index is 13.5. The van der Waals surface area contributed by atoms with Crippen molar-refractivity contribution in [2.45, 2.75) is 25.8 Å². The molecule has 2 heterocycles. The van der Waals surface area contributed by atoms with Crippen LogP contribution in [0.1, 0.15) is 35.8 Å². The molecular formula is C17H18ClFN6O3S. The SMILES string of the molecule is CC1CCCN(c2nn(C)c(C(=O)Nc3ccc(F)c(C#N)c3)c2Cl)S(=O)(=O)N1. The number of hydrogen-bond donors (Lipinski definition) is 2. The van der Waals surface area contributed by atoms with Crippen LogP contribution in [0.25, 0.3) is 0 Å². The number of amides is 1. The van der Waals surface area contributed by atoms with E-state index < -0.39 is 21.9 Å². The molecule has 2 N–H and O–H groups in total. The van der Waals surface area contributed by atoms with Crippen LogP contribution in [0.4, 0.5) is 15.9 Å². The van der Waals surface area contributed by atoms with Crippen LogP contribution in [0, 0.1) is 17.1 Å². The second-order valence-corrected chi connectivity index (χ2v) is 8.61. The first kappa shape index (κ1) is 21.0. The summed E-state index contributed by atoms with van der Waals surface area (Å²) in [5.41, 5.74) is -0.114. The first-order chi connectivity index (χ1) is 13.6. The Morgan fingerprint density at radius 2 is 2.21 bits per heavy atom. The molecule has 0 aliphatic carbocycles. The van der Waals surface area contributed by atoms with Crippen LogP contribution in [-0.4, -0.2) is 36.7 Å². The smallest absolute Gasteiger partial charge is 0.303 e. The minimum atomic E-state index is -3.87. The van der Waals surface area contributed by atoms with Crippen molar-refractivity contribution in [2.75, 3.05) is 16.2 Å². The summed E-state index contributed by atoms with van der Waals surface area (Å²) in [4.78, 5) is 12.7. The van der Waals surface area contributed by atoms with Gasteiger partial charge in [0.1, 0.15) is 22.6 Å². The van der Waals surface area contributed by atoms with Gasteiger partial charge in [-0.2, -0.15) is 23.5 Å². The van der Waals surface area contributed by atoms with Crippen molar-refractivity contribution in [1.29, 1.82) is 5.26 Å². The molecule has 2 aromatic rings. The van der Waals surface area contributed by atoms with Gasteiger partial charge in [-0.15, -0.1) is 0 Å². The fourth-order valence-electron chi connectivity index (χ4n) is 3.03. The van der Waals surface area contributed by atoms with Crippen molar-refractivity contribution in [3.63, 3.8) is 0 Å². The van der Waals surface area contributed by atoms with Crippen molar-refractivity contribution in [3.05, 3.63) is 40.3 Å². The minimum Gasteiger partial charge on any atom is -0.321 e. The van der Waals surface area contributed by atoms with Gasteiger partial charge in [0.2, 0.25) is 0 Å². The van der Waals surface area contributed by atoms with Crippen molar-refractivity contribution < 1.29 is 17.6 Å². The Morgan fingerprint density at radius 1 is 1.48 bits per heavy atom. The number of nitrogens with zero attached hydrogens (tertiary/aromatic N) is 4. The third kappa shape index (κ3) is 4.19. The molecule has 1 atom stereocenters. The van der Waals surface area contributed by atoms with Crippen LogP contribution in [0.3, 0.4) is 0 Å². The van der Waals surface area contributed by atoms with Crippen LogP contribution in [0.2, 0.25) is 5.02 Å². The lowest BCUT2D eigenvalue weighted by molar-refractivity contribution is 0.101. The Balaban J connectivity index is 1.93. The van der Waals surface area contributed by atoms with Crippen molar-refractivity contribution in [3.8, 4) is 6.07 Å². The standard InChI is InChI=1S/C17H18ClFN6O3S/c1-10-4-3-7-25(29(27,28)23-10)16-14(18)15(24(2)22-16)17(26)21-12-5-6-13(19)11(8-12)9-20/h5-6,8,10,23H,3-4,7H2,1-2H3,(H,21,26). The number of halogens is 2. The average molecular weight is 441 g/mol. The van der Waals surface area contributed by atoms with E-state index in [-0.39, 0.29) is 40.4 Å². The first-order valence-electron chi connectivity index (χ1n) is 8.67. The summed E-state index contributed by atoms with van der Waals surface area (Å²) in [7, 11) is -2.42. The van der Waals surface area contributed by atoms with Gasteiger partial charge in [-0.05, 0) is 38.0 Å². The van der Waals surface area contributed by atoms with Crippen LogP contribution in [0.15, 0.2) is 18.2 Å². The molecule has 1 unspecified atom stereocenters. The van der Waals surface area contributed by atoms with Crippen molar-refractivity contribution in [2.24, 2.45) is 7.05 Å². The number of nitrogens with one attached hydrogen (secondary N) is 2. The number of nitriles is 1. The molecule has 1 aliphatic rings. The summed E-state index contributed by atoms with van der Waals surface area (Å²) >= 11 is 6.33. The Kier molecular flexibility index (Phi) is 5.79. The van der Waals surface area contributed by atoms with Crippen LogP contribution < -0.4 is 14.3 Å². The van der Waals surface area contributed by atoms with Crippen molar-refractivity contribution in [1.82, 2.24) is 14.5 Å². The van der Waals surface area contributed by atoms with Gasteiger partial charge in [0.25, 0.3) is 5.91 Å². The van der Waals surface area contributed by atoms with Gasteiger partial charge in [-0.1, -0.05) is 11.6 Å². The number of benzene rings is 1. The summed E-state index contributed by atoms with van der Waals surface area (Å²) in [5, 5.41) is 15.4. The number of aryl methyl sites for hydroxylation is 1. The van der Waals surface area contributed by atoms with E-state index in [1.807, 2.05) is 0 Å². The predicted molar refractivity (Wildman–Crippen MR) is 105 cm³/mol. The summed E-state index contributed by atoms with van der Waals surface area (Å²) in [6, 6.07) is 4.99. The molecule has 0 spiro atoms. The van der Waals surface area contributed by atoms with Gasteiger partial charge >= 0.3 is 10.2 Å². The van der Waals surface area contributed by atoms with E-state index in [1.165, 1.54) is 23.9 Å². The average Bonchev–Trinajstić information content (AvgIpc) is 2.85. The molecule has 12 heteroatoms. The molecule has 1 aromatic carbocycles. The molecule has 0 bridgehead atoms. The number of hydrogen-bond acceptors (Lipinski definition) is 5. The van der Waals surface area contributed by atoms with E-state index in [0.29, 0.717) is 12.8 Å². The Bertz CT molecular complexity index is 1110. The minimum absolute atomic E-state index is 0.0577. The van der Waals surface area contributed by atoms with Crippen LogP contribution in [0.5, 0.6) is 0 Å². The molecule has 154 valence electrons. The fraction of sp³-hybridized carbons (Fsp3) is 0.353. The van der Waals surface area contributed by atoms with Gasteiger partial charge in [0, 0.05) is 25.3 Å². The molecule has 9 nitrogen and oxygen atoms in total. The van der Waals surface area contributed by atoms with Crippen LogP contribution in [-0.2, 0) is 17.3 Å². The zero-order chi connectivity index (χ0) is 21.3. The lowest BCUT2D eigenvalue weighted by Crippen LogP contribution is -2.42. The monoisotopic (exact) mass is 440 g/mol. The zero-order valence-corrected chi connectivity index (χ0v) is 17.2. The topological polar surface area (TPSA) is 120 Å². The molecule has 1 aromatic heterocycles. The maximum absolute atomic E-state index is 13.5. The highest BCUT2D eigenvalue weighted by Gasteiger charge is 2.33. The summed E-state index contributed by atoms with van der Waals surface area (Å²) in [6.45, 7) is 1.93. The summed E-state index contributed by atoms with van der Waals surface area (Å²) in [6.07, 6.45) is 1.24. The third-order valence-corrected chi connectivity index (χ3v) is 6.39. The molecular weight excluding hydrogens is 423 g/mol. The van der Waals surface area contributed by atoms with Gasteiger partial charge in [0.05, 0.1) is 5.56 Å².